The number of methoxy groups -OCH3 is 1. The number of alkyl halides is 2. The first-order valence-electron chi connectivity index (χ1n) is 6.44. The summed E-state index contributed by atoms with van der Waals surface area (Å²) in [4.78, 5) is 0. The number of para-hydroxylation sites is 1. The Morgan fingerprint density at radius 3 is 2.68 bits per heavy atom. The van der Waals surface area contributed by atoms with Crippen molar-refractivity contribution in [3.8, 4) is 5.75 Å². The largest absolute Gasteiger partial charge is 0.496 e. The van der Waals surface area contributed by atoms with Crippen LogP contribution in [-0.4, -0.2) is 37.3 Å². The molecule has 0 aliphatic heterocycles. The van der Waals surface area contributed by atoms with Crippen LogP contribution in [0.5, 0.6) is 5.75 Å². The van der Waals surface area contributed by atoms with Gasteiger partial charge in [0, 0.05) is 12.6 Å². The van der Waals surface area contributed by atoms with Crippen molar-refractivity contribution in [2.45, 2.75) is 37.3 Å². The fraction of sp³-hybridized carbons (Fsp3) is 0.571. The maximum atomic E-state index is 12.1. The molecule has 0 heterocycles. The van der Waals surface area contributed by atoms with E-state index in [0.717, 1.165) is 24.2 Å². The molecule has 0 saturated heterocycles. The van der Waals surface area contributed by atoms with Gasteiger partial charge in [-0.1, -0.05) is 18.2 Å². The second-order valence-corrected chi connectivity index (χ2v) is 4.92. The molecule has 0 spiro atoms. The Bertz CT molecular complexity index is 408. The standard InChI is InChI=1S/C14H19F2NO2/c1-19-13-5-3-2-4-11(13)9-6-10(7-9)17-8-12(18)14(15)16/h2-5,9-10,12,14,17-18H,6-8H2,1H3. The number of nitrogens with one attached hydrogen (secondary N) is 1. The first kappa shape index (κ1) is 14.2. The molecule has 0 aromatic heterocycles. The van der Waals surface area contributed by atoms with Gasteiger partial charge in [-0.2, -0.15) is 0 Å². The molecular formula is C14H19F2NO2. The molecule has 1 aliphatic carbocycles. The van der Waals surface area contributed by atoms with Gasteiger partial charge in [-0.25, -0.2) is 8.78 Å². The fourth-order valence-corrected chi connectivity index (χ4v) is 2.42. The Kier molecular flexibility index (Phi) is 4.71. The molecular weight excluding hydrogens is 252 g/mol. The molecule has 19 heavy (non-hydrogen) atoms. The van der Waals surface area contributed by atoms with Crippen molar-refractivity contribution in [2.24, 2.45) is 0 Å². The average molecular weight is 271 g/mol. The van der Waals surface area contributed by atoms with Gasteiger partial charge in [0.05, 0.1) is 7.11 Å². The van der Waals surface area contributed by atoms with Crippen LogP contribution < -0.4 is 10.1 Å². The van der Waals surface area contributed by atoms with Crippen LogP contribution in [-0.2, 0) is 0 Å². The molecule has 3 nitrogen and oxygen atoms in total. The van der Waals surface area contributed by atoms with Gasteiger partial charge in [-0.15, -0.1) is 0 Å². The molecule has 1 fully saturated rings. The highest BCUT2D eigenvalue weighted by molar-refractivity contribution is 5.37. The van der Waals surface area contributed by atoms with Crippen molar-refractivity contribution in [2.75, 3.05) is 13.7 Å². The summed E-state index contributed by atoms with van der Waals surface area (Å²) in [7, 11) is 1.65. The highest BCUT2D eigenvalue weighted by atomic mass is 19.3. The van der Waals surface area contributed by atoms with E-state index in [0.29, 0.717) is 5.92 Å². The Morgan fingerprint density at radius 2 is 2.05 bits per heavy atom. The predicted octanol–water partition coefficient (Wildman–Crippen LogP) is 2.16. The summed E-state index contributed by atoms with van der Waals surface area (Å²) < 4.78 is 29.6. The second-order valence-electron chi connectivity index (χ2n) is 4.92. The lowest BCUT2D eigenvalue weighted by Gasteiger charge is -2.37. The molecule has 0 amide bonds. The van der Waals surface area contributed by atoms with E-state index in [1.807, 2.05) is 24.3 Å². The van der Waals surface area contributed by atoms with E-state index in [1.165, 1.54) is 0 Å². The lowest BCUT2D eigenvalue weighted by Crippen LogP contribution is -2.44. The number of halogens is 2. The summed E-state index contributed by atoms with van der Waals surface area (Å²) in [6, 6.07) is 8.06. The molecule has 1 aromatic rings. The van der Waals surface area contributed by atoms with Crippen LogP contribution in [0.25, 0.3) is 0 Å². The van der Waals surface area contributed by atoms with E-state index in [4.69, 9.17) is 9.84 Å². The van der Waals surface area contributed by atoms with Crippen LogP contribution in [0, 0.1) is 0 Å². The summed E-state index contributed by atoms with van der Waals surface area (Å²) >= 11 is 0. The van der Waals surface area contributed by atoms with E-state index < -0.39 is 12.5 Å². The van der Waals surface area contributed by atoms with Crippen LogP contribution in [0.4, 0.5) is 8.78 Å². The molecule has 1 saturated carbocycles. The number of aliphatic hydroxyl groups excluding tert-OH is 1. The number of benzene rings is 1. The van der Waals surface area contributed by atoms with Crippen molar-refractivity contribution in [1.82, 2.24) is 5.32 Å². The molecule has 2 N–H and O–H groups in total. The number of ether oxygens (including phenoxy) is 1. The fourth-order valence-electron chi connectivity index (χ4n) is 2.42. The summed E-state index contributed by atoms with van der Waals surface area (Å²) in [5, 5.41) is 12.0. The minimum Gasteiger partial charge on any atom is -0.496 e. The van der Waals surface area contributed by atoms with Crippen LogP contribution in [0.15, 0.2) is 24.3 Å². The molecule has 1 atom stereocenters. The first-order chi connectivity index (χ1) is 9.11. The third kappa shape index (κ3) is 3.42. The maximum Gasteiger partial charge on any atom is 0.265 e. The Morgan fingerprint density at radius 1 is 1.37 bits per heavy atom. The van der Waals surface area contributed by atoms with E-state index in [-0.39, 0.29) is 12.6 Å². The zero-order valence-corrected chi connectivity index (χ0v) is 10.9. The van der Waals surface area contributed by atoms with Crippen molar-refractivity contribution in [3.63, 3.8) is 0 Å². The predicted molar refractivity (Wildman–Crippen MR) is 68.8 cm³/mol. The van der Waals surface area contributed by atoms with Gasteiger partial charge in [0.2, 0.25) is 0 Å². The summed E-state index contributed by atoms with van der Waals surface area (Å²) in [5.41, 5.74) is 1.16. The molecule has 106 valence electrons. The Balaban J connectivity index is 1.80. The summed E-state index contributed by atoms with van der Waals surface area (Å²) in [6.07, 6.45) is -2.49. The normalized spacial score (nSPS) is 24.1. The van der Waals surface area contributed by atoms with Gasteiger partial charge in [0.25, 0.3) is 6.43 Å². The quantitative estimate of drug-likeness (QED) is 0.833. The highest BCUT2D eigenvalue weighted by Crippen LogP contribution is 2.40. The summed E-state index contributed by atoms with van der Waals surface area (Å²) in [6.45, 7) is -0.0546. The van der Waals surface area contributed by atoms with Crippen molar-refractivity contribution >= 4 is 0 Å². The average Bonchev–Trinajstić information content (AvgIpc) is 2.36. The zero-order chi connectivity index (χ0) is 13.8. The molecule has 1 aliphatic rings. The molecule has 0 radical (unpaired) electrons. The third-order valence-corrected chi connectivity index (χ3v) is 3.62. The van der Waals surface area contributed by atoms with E-state index in [2.05, 4.69) is 5.32 Å². The van der Waals surface area contributed by atoms with E-state index in [9.17, 15) is 8.78 Å². The lowest BCUT2D eigenvalue weighted by atomic mass is 9.75. The second kappa shape index (κ2) is 6.30. The topological polar surface area (TPSA) is 41.5 Å². The van der Waals surface area contributed by atoms with Crippen LogP contribution in [0.3, 0.4) is 0 Å². The molecule has 1 aromatic carbocycles. The van der Waals surface area contributed by atoms with Crippen molar-refractivity contribution in [1.29, 1.82) is 0 Å². The zero-order valence-electron chi connectivity index (χ0n) is 10.9. The van der Waals surface area contributed by atoms with Gasteiger partial charge in [0.15, 0.2) is 0 Å². The number of hydrogen-bond acceptors (Lipinski definition) is 3. The van der Waals surface area contributed by atoms with E-state index >= 15 is 0 Å². The number of aliphatic hydroxyl groups is 1. The van der Waals surface area contributed by atoms with Crippen LogP contribution in [0.2, 0.25) is 0 Å². The van der Waals surface area contributed by atoms with Gasteiger partial charge in [0.1, 0.15) is 11.9 Å². The van der Waals surface area contributed by atoms with Crippen molar-refractivity contribution in [3.05, 3.63) is 29.8 Å². The number of rotatable bonds is 6. The van der Waals surface area contributed by atoms with Gasteiger partial charge >= 0.3 is 0 Å². The van der Waals surface area contributed by atoms with Crippen LogP contribution >= 0.6 is 0 Å². The first-order valence-corrected chi connectivity index (χ1v) is 6.44. The lowest BCUT2D eigenvalue weighted by molar-refractivity contribution is -0.00635. The smallest absolute Gasteiger partial charge is 0.265 e. The SMILES string of the molecule is COc1ccccc1C1CC(NCC(O)C(F)F)C1. The molecule has 5 heteroatoms. The van der Waals surface area contributed by atoms with Crippen LogP contribution in [0.1, 0.15) is 24.3 Å². The van der Waals surface area contributed by atoms with E-state index in [1.54, 1.807) is 7.11 Å². The maximum absolute atomic E-state index is 12.1. The Labute approximate surface area is 111 Å². The molecule has 2 rings (SSSR count). The minimum absolute atomic E-state index is 0.0546. The summed E-state index contributed by atoms with van der Waals surface area (Å²) in [5.74, 6) is 1.27. The van der Waals surface area contributed by atoms with Gasteiger partial charge < -0.3 is 15.2 Å². The van der Waals surface area contributed by atoms with Gasteiger partial charge in [-0.3, -0.25) is 0 Å². The molecule has 0 bridgehead atoms. The number of hydrogen-bond donors (Lipinski definition) is 2. The monoisotopic (exact) mass is 271 g/mol. The minimum atomic E-state index is -2.68. The third-order valence-electron chi connectivity index (χ3n) is 3.62. The molecule has 1 unspecified atom stereocenters. The highest BCUT2D eigenvalue weighted by Gasteiger charge is 2.32. The van der Waals surface area contributed by atoms with Crippen molar-refractivity contribution < 1.29 is 18.6 Å². The Hall–Kier alpha value is -1.20. The van der Waals surface area contributed by atoms with Gasteiger partial charge in [-0.05, 0) is 30.4 Å².